The van der Waals surface area contributed by atoms with E-state index in [4.69, 9.17) is 9.84 Å². The van der Waals surface area contributed by atoms with Gasteiger partial charge >= 0.3 is 5.97 Å². The number of carboxylic acid groups (broad SMARTS) is 1. The monoisotopic (exact) mass is 336 g/mol. The van der Waals surface area contributed by atoms with E-state index in [0.29, 0.717) is 16.0 Å². The fraction of sp³-hybridized carbons (Fsp3) is 0.143. The van der Waals surface area contributed by atoms with Gasteiger partial charge in [-0.05, 0) is 46.6 Å². The highest BCUT2D eigenvalue weighted by Gasteiger charge is 2.10. The van der Waals surface area contributed by atoms with Gasteiger partial charge in [0.25, 0.3) is 0 Å². The van der Waals surface area contributed by atoms with Gasteiger partial charge < -0.3 is 15.2 Å². The second-order valence-electron chi connectivity index (χ2n) is 4.19. The molecule has 0 aliphatic carbocycles. The number of aryl methyl sites for hydroxylation is 1. The predicted molar refractivity (Wildman–Crippen MR) is 79.9 cm³/mol. The van der Waals surface area contributed by atoms with Gasteiger partial charge in [-0.15, -0.1) is 0 Å². The number of pyridine rings is 1. The molecule has 2 aromatic rings. The van der Waals surface area contributed by atoms with E-state index in [-0.39, 0.29) is 5.56 Å². The van der Waals surface area contributed by atoms with Crippen molar-refractivity contribution in [1.29, 1.82) is 0 Å². The van der Waals surface area contributed by atoms with Crippen LogP contribution in [-0.2, 0) is 0 Å². The first-order valence-corrected chi connectivity index (χ1v) is 6.61. The zero-order chi connectivity index (χ0) is 14.7. The molecule has 0 fully saturated rings. The molecular formula is C14H13BrN2O3. The number of benzene rings is 1. The maximum Gasteiger partial charge on any atom is 0.337 e. The Kier molecular flexibility index (Phi) is 4.24. The lowest BCUT2D eigenvalue weighted by Crippen LogP contribution is -2.02. The lowest BCUT2D eigenvalue weighted by Gasteiger charge is -2.12. The van der Waals surface area contributed by atoms with Crippen LogP contribution in [-0.4, -0.2) is 23.2 Å². The lowest BCUT2D eigenvalue weighted by molar-refractivity contribution is 0.0696. The molecule has 0 saturated carbocycles. The summed E-state index contributed by atoms with van der Waals surface area (Å²) in [6.07, 6.45) is 1.30. The second kappa shape index (κ2) is 5.92. The lowest BCUT2D eigenvalue weighted by atomic mass is 10.2. The van der Waals surface area contributed by atoms with Crippen LogP contribution >= 0.6 is 15.9 Å². The molecule has 20 heavy (non-hydrogen) atoms. The highest BCUT2D eigenvalue weighted by atomic mass is 79.9. The van der Waals surface area contributed by atoms with Crippen LogP contribution in [0.15, 0.2) is 34.9 Å². The van der Waals surface area contributed by atoms with Crippen molar-refractivity contribution in [1.82, 2.24) is 4.98 Å². The van der Waals surface area contributed by atoms with E-state index in [2.05, 4.69) is 26.2 Å². The van der Waals surface area contributed by atoms with E-state index >= 15 is 0 Å². The number of carbonyl (C=O) groups is 1. The summed E-state index contributed by atoms with van der Waals surface area (Å²) in [5.41, 5.74) is 1.97. The van der Waals surface area contributed by atoms with Crippen molar-refractivity contribution in [2.24, 2.45) is 0 Å². The molecule has 0 atom stereocenters. The Morgan fingerprint density at radius 1 is 1.40 bits per heavy atom. The molecular weight excluding hydrogens is 324 g/mol. The van der Waals surface area contributed by atoms with Gasteiger partial charge in [0.15, 0.2) is 0 Å². The highest BCUT2D eigenvalue weighted by molar-refractivity contribution is 9.10. The van der Waals surface area contributed by atoms with E-state index in [9.17, 15) is 4.79 Å². The standard InChI is InChI=1S/C14H13BrN2O3/c1-8-3-4-12(20-2)11(5-8)17-13-10(15)6-9(7-16-13)14(18)19/h3-7H,1-2H3,(H,16,17)(H,18,19). The van der Waals surface area contributed by atoms with E-state index in [1.165, 1.54) is 12.3 Å². The summed E-state index contributed by atoms with van der Waals surface area (Å²) >= 11 is 3.31. The molecule has 104 valence electrons. The molecule has 0 aliphatic rings. The van der Waals surface area contributed by atoms with Gasteiger partial charge in [0.1, 0.15) is 11.6 Å². The van der Waals surface area contributed by atoms with E-state index < -0.39 is 5.97 Å². The Balaban J connectivity index is 2.35. The maximum atomic E-state index is 10.9. The first-order chi connectivity index (χ1) is 9.51. The average molecular weight is 337 g/mol. The number of anilines is 2. The Labute approximate surface area is 124 Å². The minimum Gasteiger partial charge on any atom is -0.495 e. The largest absolute Gasteiger partial charge is 0.495 e. The van der Waals surface area contributed by atoms with Gasteiger partial charge in [0, 0.05) is 6.20 Å². The highest BCUT2D eigenvalue weighted by Crippen LogP contribution is 2.31. The molecule has 0 aliphatic heterocycles. The Bertz CT molecular complexity index is 659. The number of methoxy groups -OCH3 is 1. The minimum absolute atomic E-state index is 0.124. The molecule has 1 aromatic carbocycles. The minimum atomic E-state index is -1.02. The van der Waals surface area contributed by atoms with Gasteiger partial charge in [-0.1, -0.05) is 6.07 Å². The second-order valence-corrected chi connectivity index (χ2v) is 5.04. The fourth-order valence-corrected chi connectivity index (χ4v) is 2.14. The molecule has 1 heterocycles. The average Bonchev–Trinajstić information content (AvgIpc) is 2.41. The maximum absolute atomic E-state index is 10.9. The van der Waals surface area contributed by atoms with Gasteiger partial charge in [-0.3, -0.25) is 0 Å². The van der Waals surface area contributed by atoms with Crippen molar-refractivity contribution in [2.75, 3.05) is 12.4 Å². The van der Waals surface area contributed by atoms with Crippen molar-refractivity contribution in [3.63, 3.8) is 0 Å². The van der Waals surface area contributed by atoms with Crippen LogP contribution in [0.25, 0.3) is 0 Å². The number of rotatable bonds is 4. The number of nitrogens with zero attached hydrogens (tertiary/aromatic N) is 1. The first kappa shape index (κ1) is 14.3. The Morgan fingerprint density at radius 3 is 2.75 bits per heavy atom. The number of aromatic carboxylic acids is 1. The summed E-state index contributed by atoms with van der Waals surface area (Å²) in [6, 6.07) is 7.23. The summed E-state index contributed by atoms with van der Waals surface area (Å²) in [5, 5.41) is 12.0. The van der Waals surface area contributed by atoms with E-state index in [1.54, 1.807) is 7.11 Å². The molecule has 0 radical (unpaired) electrons. The Morgan fingerprint density at radius 2 is 2.15 bits per heavy atom. The molecule has 2 rings (SSSR count). The van der Waals surface area contributed by atoms with Crippen LogP contribution in [0.5, 0.6) is 5.75 Å². The molecule has 1 aromatic heterocycles. The summed E-state index contributed by atoms with van der Waals surface area (Å²) < 4.78 is 5.84. The number of aromatic nitrogens is 1. The molecule has 0 unspecified atom stereocenters. The van der Waals surface area contributed by atoms with Crippen LogP contribution in [0.2, 0.25) is 0 Å². The molecule has 0 spiro atoms. The van der Waals surface area contributed by atoms with Crippen LogP contribution in [0.1, 0.15) is 15.9 Å². The molecule has 5 nitrogen and oxygen atoms in total. The van der Waals surface area contributed by atoms with Crippen LogP contribution in [0.4, 0.5) is 11.5 Å². The third-order valence-corrected chi connectivity index (χ3v) is 3.30. The molecule has 0 bridgehead atoms. The topological polar surface area (TPSA) is 71.5 Å². The number of nitrogens with one attached hydrogen (secondary N) is 1. The number of ether oxygens (including phenoxy) is 1. The number of halogens is 1. The van der Waals surface area contributed by atoms with Crippen LogP contribution in [0, 0.1) is 6.92 Å². The van der Waals surface area contributed by atoms with Gasteiger partial charge in [-0.25, -0.2) is 9.78 Å². The molecule has 6 heteroatoms. The predicted octanol–water partition coefficient (Wildman–Crippen LogP) is 3.60. The van der Waals surface area contributed by atoms with Crippen molar-refractivity contribution >= 4 is 33.4 Å². The third-order valence-electron chi connectivity index (χ3n) is 2.70. The molecule has 0 saturated heterocycles. The van der Waals surface area contributed by atoms with Crippen molar-refractivity contribution < 1.29 is 14.6 Å². The summed E-state index contributed by atoms with van der Waals surface area (Å²) in [5.74, 6) is 0.198. The van der Waals surface area contributed by atoms with Crippen molar-refractivity contribution in [3.05, 3.63) is 46.1 Å². The number of carboxylic acids is 1. The third kappa shape index (κ3) is 3.08. The first-order valence-electron chi connectivity index (χ1n) is 5.81. The van der Waals surface area contributed by atoms with Crippen LogP contribution in [0.3, 0.4) is 0 Å². The number of hydrogen-bond acceptors (Lipinski definition) is 4. The fourth-order valence-electron chi connectivity index (χ4n) is 1.69. The summed E-state index contributed by atoms with van der Waals surface area (Å²) in [7, 11) is 1.59. The van der Waals surface area contributed by atoms with E-state index in [1.807, 2.05) is 25.1 Å². The molecule has 0 amide bonds. The van der Waals surface area contributed by atoms with Crippen molar-refractivity contribution in [2.45, 2.75) is 6.92 Å². The summed E-state index contributed by atoms with van der Waals surface area (Å²) in [4.78, 5) is 15.0. The Hall–Kier alpha value is -2.08. The normalized spacial score (nSPS) is 10.2. The zero-order valence-electron chi connectivity index (χ0n) is 11.0. The zero-order valence-corrected chi connectivity index (χ0v) is 12.6. The SMILES string of the molecule is COc1ccc(C)cc1Nc1ncc(C(=O)O)cc1Br. The van der Waals surface area contributed by atoms with E-state index in [0.717, 1.165) is 11.3 Å². The van der Waals surface area contributed by atoms with Gasteiger partial charge in [0.05, 0.1) is 22.8 Å². The summed E-state index contributed by atoms with van der Waals surface area (Å²) in [6.45, 7) is 1.97. The van der Waals surface area contributed by atoms with Gasteiger partial charge in [-0.2, -0.15) is 0 Å². The quantitative estimate of drug-likeness (QED) is 0.892. The van der Waals surface area contributed by atoms with Crippen molar-refractivity contribution in [3.8, 4) is 5.75 Å². The van der Waals surface area contributed by atoms with Gasteiger partial charge in [0.2, 0.25) is 0 Å². The molecule has 2 N–H and O–H groups in total. The number of hydrogen-bond donors (Lipinski definition) is 2. The van der Waals surface area contributed by atoms with Crippen LogP contribution < -0.4 is 10.1 Å². The smallest absolute Gasteiger partial charge is 0.337 e.